The monoisotopic (exact) mass is 305 g/mol. The molecule has 114 valence electrons. The summed E-state index contributed by atoms with van der Waals surface area (Å²) >= 11 is 0. The maximum atomic E-state index is 12.4. The van der Waals surface area contributed by atoms with Crippen LogP contribution in [0.2, 0.25) is 0 Å². The Kier molecular flexibility index (Phi) is 4.06. The molecule has 1 amide bonds. The molecule has 23 heavy (non-hydrogen) atoms. The molecule has 0 saturated heterocycles. The van der Waals surface area contributed by atoms with Gasteiger partial charge in [-0.15, -0.1) is 0 Å². The summed E-state index contributed by atoms with van der Waals surface area (Å²) in [6, 6.07) is 20.0. The number of hydrogen-bond donors (Lipinski definition) is 1. The Morgan fingerprint density at radius 2 is 1.48 bits per heavy atom. The molecule has 0 bridgehead atoms. The van der Waals surface area contributed by atoms with Gasteiger partial charge in [-0.05, 0) is 35.7 Å². The maximum absolute atomic E-state index is 12.4. The van der Waals surface area contributed by atoms with Gasteiger partial charge < -0.3 is 10.1 Å². The van der Waals surface area contributed by atoms with E-state index >= 15 is 0 Å². The number of esters is 1. The second-order valence-corrected chi connectivity index (χ2v) is 5.05. The number of nitrogens with one attached hydrogen (secondary N) is 1. The van der Waals surface area contributed by atoms with Crippen LogP contribution < -0.4 is 5.32 Å². The first-order valence-electron chi connectivity index (χ1n) is 7.16. The minimum absolute atomic E-state index is 0.224. The normalized spacial score (nSPS) is 10.3. The van der Waals surface area contributed by atoms with E-state index in [9.17, 15) is 9.59 Å². The van der Waals surface area contributed by atoms with Crippen LogP contribution in [0, 0.1) is 0 Å². The second kappa shape index (κ2) is 6.32. The van der Waals surface area contributed by atoms with E-state index < -0.39 is 5.97 Å². The number of methoxy groups -OCH3 is 1. The van der Waals surface area contributed by atoms with E-state index in [1.54, 1.807) is 24.3 Å². The molecular formula is C19H15NO3. The topological polar surface area (TPSA) is 55.4 Å². The Hall–Kier alpha value is -3.14. The van der Waals surface area contributed by atoms with Gasteiger partial charge in [-0.3, -0.25) is 4.79 Å². The summed E-state index contributed by atoms with van der Waals surface area (Å²) in [5.74, 6) is -0.649. The maximum Gasteiger partial charge on any atom is 0.337 e. The molecule has 3 aromatic rings. The van der Waals surface area contributed by atoms with E-state index in [1.165, 1.54) is 7.11 Å². The minimum Gasteiger partial charge on any atom is -0.465 e. The second-order valence-electron chi connectivity index (χ2n) is 5.05. The minimum atomic E-state index is -0.425. The molecule has 0 atom stereocenters. The molecule has 3 rings (SSSR count). The van der Waals surface area contributed by atoms with Crippen molar-refractivity contribution in [3.05, 3.63) is 77.9 Å². The summed E-state index contributed by atoms with van der Waals surface area (Å²) in [5.41, 5.74) is 1.64. The van der Waals surface area contributed by atoms with Crippen LogP contribution in [-0.2, 0) is 4.74 Å². The molecule has 3 aromatic carbocycles. The van der Waals surface area contributed by atoms with Crippen LogP contribution in [0.15, 0.2) is 66.7 Å². The molecule has 0 radical (unpaired) electrons. The van der Waals surface area contributed by atoms with Crippen molar-refractivity contribution in [2.75, 3.05) is 12.4 Å². The van der Waals surface area contributed by atoms with Gasteiger partial charge in [-0.1, -0.05) is 36.4 Å². The van der Waals surface area contributed by atoms with Crippen molar-refractivity contribution in [3.63, 3.8) is 0 Å². The molecular weight excluding hydrogens is 290 g/mol. The highest BCUT2D eigenvalue weighted by Crippen LogP contribution is 2.23. The Bertz CT molecular complexity index is 864. The number of carbonyl (C=O) groups excluding carboxylic acids is 2. The molecule has 0 saturated carbocycles. The summed E-state index contributed by atoms with van der Waals surface area (Å²) in [5, 5.41) is 4.95. The molecule has 0 heterocycles. The van der Waals surface area contributed by atoms with Crippen molar-refractivity contribution >= 4 is 28.3 Å². The fraction of sp³-hybridized carbons (Fsp3) is 0.0526. The van der Waals surface area contributed by atoms with Crippen LogP contribution in [0.4, 0.5) is 5.69 Å². The van der Waals surface area contributed by atoms with Crippen LogP contribution in [0.1, 0.15) is 20.7 Å². The molecule has 0 aliphatic carbocycles. The Morgan fingerprint density at radius 1 is 0.826 bits per heavy atom. The number of rotatable bonds is 3. The van der Waals surface area contributed by atoms with E-state index in [-0.39, 0.29) is 5.91 Å². The fourth-order valence-electron chi connectivity index (χ4n) is 2.40. The molecule has 4 heteroatoms. The van der Waals surface area contributed by atoms with E-state index in [0.29, 0.717) is 11.1 Å². The van der Waals surface area contributed by atoms with E-state index in [0.717, 1.165) is 16.5 Å². The van der Waals surface area contributed by atoms with Gasteiger partial charge in [0, 0.05) is 16.6 Å². The fourth-order valence-corrected chi connectivity index (χ4v) is 2.40. The molecule has 0 unspecified atom stereocenters. The predicted octanol–water partition coefficient (Wildman–Crippen LogP) is 3.88. The van der Waals surface area contributed by atoms with Crippen LogP contribution in [0.5, 0.6) is 0 Å². The zero-order chi connectivity index (χ0) is 16.2. The average Bonchev–Trinajstić information content (AvgIpc) is 2.61. The number of hydrogen-bond acceptors (Lipinski definition) is 3. The van der Waals surface area contributed by atoms with Crippen molar-refractivity contribution in [1.29, 1.82) is 0 Å². The van der Waals surface area contributed by atoms with E-state index in [1.807, 2.05) is 42.5 Å². The van der Waals surface area contributed by atoms with Gasteiger partial charge in [0.05, 0.1) is 12.7 Å². The zero-order valence-electron chi connectivity index (χ0n) is 12.6. The summed E-state index contributed by atoms with van der Waals surface area (Å²) < 4.78 is 4.64. The lowest BCUT2D eigenvalue weighted by atomic mass is 10.1. The zero-order valence-corrected chi connectivity index (χ0v) is 12.6. The molecule has 1 N–H and O–H groups in total. The molecule has 0 aliphatic rings. The first kappa shape index (κ1) is 14.8. The lowest BCUT2D eigenvalue weighted by molar-refractivity contribution is 0.0600. The number of carbonyl (C=O) groups is 2. The first-order chi connectivity index (χ1) is 11.2. The lowest BCUT2D eigenvalue weighted by Crippen LogP contribution is -2.12. The summed E-state index contributed by atoms with van der Waals surface area (Å²) in [6.45, 7) is 0. The third-order valence-corrected chi connectivity index (χ3v) is 3.61. The Morgan fingerprint density at radius 3 is 2.22 bits per heavy atom. The van der Waals surface area contributed by atoms with Gasteiger partial charge in [-0.25, -0.2) is 4.79 Å². The molecule has 4 nitrogen and oxygen atoms in total. The van der Waals surface area contributed by atoms with Crippen molar-refractivity contribution in [1.82, 2.24) is 0 Å². The van der Waals surface area contributed by atoms with Crippen molar-refractivity contribution in [2.24, 2.45) is 0 Å². The highest BCUT2D eigenvalue weighted by molar-refractivity contribution is 6.09. The molecule has 0 fully saturated rings. The summed E-state index contributed by atoms with van der Waals surface area (Å²) in [4.78, 5) is 23.8. The van der Waals surface area contributed by atoms with Gasteiger partial charge in [0.25, 0.3) is 5.91 Å². The number of benzene rings is 3. The quantitative estimate of drug-likeness (QED) is 0.747. The van der Waals surface area contributed by atoms with Crippen molar-refractivity contribution in [3.8, 4) is 0 Å². The first-order valence-corrected chi connectivity index (χ1v) is 7.16. The molecule has 0 aromatic heterocycles. The van der Waals surface area contributed by atoms with Crippen LogP contribution >= 0.6 is 0 Å². The average molecular weight is 305 g/mol. The van der Waals surface area contributed by atoms with Crippen LogP contribution in [0.25, 0.3) is 10.8 Å². The highest BCUT2D eigenvalue weighted by atomic mass is 16.5. The highest BCUT2D eigenvalue weighted by Gasteiger charge is 2.10. The molecule has 0 spiro atoms. The Balaban J connectivity index is 1.85. The van der Waals surface area contributed by atoms with Crippen molar-refractivity contribution in [2.45, 2.75) is 0 Å². The van der Waals surface area contributed by atoms with Gasteiger partial charge in [0.2, 0.25) is 0 Å². The largest absolute Gasteiger partial charge is 0.465 e. The van der Waals surface area contributed by atoms with Gasteiger partial charge >= 0.3 is 5.97 Å². The van der Waals surface area contributed by atoms with E-state index in [2.05, 4.69) is 10.1 Å². The standard InChI is InChI=1S/C19H15NO3/c1-23-19(22)15-11-9-14(10-12-15)18(21)20-17-8-4-6-13-5-2-3-7-16(13)17/h2-12H,1H3,(H,20,21). The number of ether oxygens (including phenoxy) is 1. The SMILES string of the molecule is COC(=O)c1ccc(C(=O)Nc2cccc3ccccc23)cc1. The Labute approximate surface area is 133 Å². The third-order valence-electron chi connectivity index (χ3n) is 3.61. The molecule has 0 aliphatic heterocycles. The number of anilines is 1. The number of amides is 1. The van der Waals surface area contributed by atoms with Crippen molar-refractivity contribution < 1.29 is 14.3 Å². The lowest BCUT2D eigenvalue weighted by Gasteiger charge is -2.09. The van der Waals surface area contributed by atoms with Gasteiger partial charge in [0.15, 0.2) is 0 Å². The van der Waals surface area contributed by atoms with Gasteiger partial charge in [0.1, 0.15) is 0 Å². The predicted molar refractivity (Wildman–Crippen MR) is 89.7 cm³/mol. The smallest absolute Gasteiger partial charge is 0.337 e. The number of fused-ring (bicyclic) bond motifs is 1. The van der Waals surface area contributed by atoms with E-state index in [4.69, 9.17) is 0 Å². The summed E-state index contributed by atoms with van der Waals surface area (Å²) in [6.07, 6.45) is 0. The van der Waals surface area contributed by atoms with Crippen LogP contribution in [-0.4, -0.2) is 19.0 Å². The summed E-state index contributed by atoms with van der Waals surface area (Å²) in [7, 11) is 1.32. The third kappa shape index (κ3) is 3.06. The van der Waals surface area contributed by atoms with Gasteiger partial charge in [-0.2, -0.15) is 0 Å². The van der Waals surface area contributed by atoms with Crippen LogP contribution in [0.3, 0.4) is 0 Å².